The Hall–Kier alpha value is -2.19. The van der Waals surface area contributed by atoms with Crippen LogP contribution in [0.2, 0.25) is 0 Å². The Kier molecular flexibility index (Phi) is 5.89. The lowest BCUT2D eigenvalue weighted by molar-refractivity contribution is 0.428. The minimum atomic E-state index is -0.225. The molecule has 0 aromatic heterocycles. The zero-order valence-electron chi connectivity index (χ0n) is 14.0. The van der Waals surface area contributed by atoms with Crippen molar-refractivity contribution in [2.45, 2.75) is 25.7 Å². The van der Waals surface area contributed by atoms with Crippen molar-refractivity contribution >= 4 is 10.9 Å². The summed E-state index contributed by atoms with van der Waals surface area (Å²) in [4.78, 5) is 3.54. The predicted octanol–water partition coefficient (Wildman–Crippen LogP) is 6.07. The molecule has 0 saturated heterocycles. The highest BCUT2D eigenvalue weighted by Crippen LogP contribution is 2.42. The number of hydrogen-bond donors (Lipinski definition) is 0. The molecule has 0 bridgehead atoms. The molecule has 1 nitrogen and oxygen atoms in total. The molecule has 0 radical (unpaired) electrons. The number of rotatable bonds is 5. The molecule has 2 rings (SSSR count). The van der Waals surface area contributed by atoms with Crippen molar-refractivity contribution in [2.24, 2.45) is 0 Å². The van der Waals surface area contributed by atoms with Crippen molar-refractivity contribution < 1.29 is 4.74 Å². The van der Waals surface area contributed by atoms with Gasteiger partial charge in [0.05, 0.1) is 0 Å². The van der Waals surface area contributed by atoms with Gasteiger partial charge in [-0.05, 0) is 57.2 Å². The molecule has 118 valence electrons. The maximum atomic E-state index is 6.09. The molecular formula is C21H23OS+. The first-order valence-corrected chi connectivity index (χ1v) is 8.85. The number of hydrogen-bond acceptors (Lipinski definition) is 1. The van der Waals surface area contributed by atoms with Crippen molar-refractivity contribution in [1.29, 1.82) is 0 Å². The van der Waals surface area contributed by atoms with E-state index in [0.29, 0.717) is 0 Å². The minimum Gasteiger partial charge on any atom is -0.447 e. The molecule has 0 spiro atoms. The van der Waals surface area contributed by atoms with Gasteiger partial charge in [-0.15, -0.1) is 0 Å². The first-order valence-electron chi connectivity index (χ1n) is 7.62. The smallest absolute Gasteiger partial charge is 0.209 e. The highest BCUT2D eigenvalue weighted by molar-refractivity contribution is 8.04. The van der Waals surface area contributed by atoms with E-state index in [1.165, 1.54) is 9.80 Å². The van der Waals surface area contributed by atoms with Gasteiger partial charge < -0.3 is 4.74 Å². The first kappa shape index (κ1) is 17.2. The van der Waals surface area contributed by atoms with Crippen LogP contribution in [0.4, 0.5) is 0 Å². The fraction of sp³-hybridized carbons (Fsp3) is 0.143. The van der Waals surface area contributed by atoms with Crippen molar-refractivity contribution in [2.75, 3.05) is 0 Å². The van der Waals surface area contributed by atoms with Gasteiger partial charge in [0.15, 0.2) is 16.4 Å². The van der Waals surface area contributed by atoms with Gasteiger partial charge in [0.25, 0.3) is 0 Å². The Bertz CT molecular complexity index is 732. The maximum absolute atomic E-state index is 6.09. The molecule has 0 aliphatic carbocycles. The van der Waals surface area contributed by atoms with E-state index in [2.05, 4.69) is 50.4 Å². The average Bonchev–Trinajstić information content (AvgIpc) is 2.55. The Morgan fingerprint density at radius 1 is 1.17 bits per heavy atom. The summed E-state index contributed by atoms with van der Waals surface area (Å²) in [5, 5.41) is 0. The summed E-state index contributed by atoms with van der Waals surface area (Å²) in [5.74, 6) is 1.78. The van der Waals surface area contributed by atoms with E-state index in [-0.39, 0.29) is 10.9 Å². The van der Waals surface area contributed by atoms with Crippen LogP contribution in [-0.4, -0.2) is 0 Å². The lowest BCUT2D eigenvalue weighted by Gasteiger charge is -2.20. The third kappa shape index (κ3) is 3.77. The van der Waals surface area contributed by atoms with Crippen LogP contribution in [-0.2, 0) is 10.9 Å². The number of para-hydroxylation sites is 1. The van der Waals surface area contributed by atoms with Crippen LogP contribution in [0, 0.1) is 0 Å². The van der Waals surface area contributed by atoms with Crippen LogP contribution in [0.5, 0.6) is 5.75 Å². The Balaban J connectivity index is 2.64. The summed E-state index contributed by atoms with van der Waals surface area (Å²) in [5.41, 5.74) is 1.03. The van der Waals surface area contributed by atoms with Gasteiger partial charge in [-0.2, -0.15) is 0 Å². The predicted molar refractivity (Wildman–Crippen MR) is 102 cm³/mol. The second-order valence-electron chi connectivity index (χ2n) is 5.16. The minimum absolute atomic E-state index is 0.225. The highest BCUT2D eigenvalue weighted by atomic mass is 32.2. The summed E-state index contributed by atoms with van der Waals surface area (Å²) in [6, 6.07) is 8.21. The van der Waals surface area contributed by atoms with E-state index >= 15 is 0 Å². The van der Waals surface area contributed by atoms with Gasteiger partial charge in [0, 0.05) is 0 Å². The molecule has 1 unspecified atom stereocenters. The fourth-order valence-electron chi connectivity index (χ4n) is 2.30. The third-order valence-corrected chi connectivity index (χ3v) is 5.74. The molecule has 0 amide bonds. The van der Waals surface area contributed by atoms with E-state index in [1.54, 1.807) is 0 Å². The van der Waals surface area contributed by atoms with Crippen molar-refractivity contribution in [1.82, 2.24) is 0 Å². The second kappa shape index (κ2) is 7.89. The standard InChI is InChI=1S/C21H23OS/c1-6-11-18-20(8-3)23(17(7-2)15-14-16(4)5)21-13-10-9-12-19(21)22-18/h6-15H,3-4H2,1-2,5H3/q+1/b11-6-,15-14-,17-7+. The Labute approximate surface area is 142 Å². The van der Waals surface area contributed by atoms with E-state index in [9.17, 15) is 0 Å². The van der Waals surface area contributed by atoms with Crippen LogP contribution in [0.25, 0.3) is 0 Å². The molecule has 1 aliphatic rings. The first-order chi connectivity index (χ1) is 11.1. The zero-order chi connectivity index (χ0) is 16.8. The normalized spacial score (nSPS) is 18.2. The molecule has 1 heterocycles. The van der Waals surface area contributed by atoms with E-state index in [4.69, 9.17) is 4.74 Å². The van der Waals surface area contributed by atoms with E-state index in [1.807, 2.05) is 44.2 Å². The average molecular weight is 323 g/mol. The maximum Gasteiger partial charge on any atom is 0.209 e. The monoisotopic (exact) mass is 323 g/mol. The number of fused-ring (bicyclic) bond motifs is 1. The van der Waals surface area contributed by atoms with Crippen LogP contribution < -0.4 is 4.74 Å². The SMILES string of the molecule is C=CC1=C(/C=C\C)Oc2ccccc2[S+]1C(/C=C\C(=C)C)=C/C. The molecule has 1 atom stereocenters. The molecule has 0 N–H and O–H groups in total. The summed E-state index contributed by atoms with van der Waals surface area (Å²) in [7, 11) is -0.225. The lowest BCUT2D eigenvalue weighted by Crippen LogP contribution is -2.17. The van der Waals surface area contributed by atoms with Crippen LogP contribution in [0.1, 0.15) is 20.8 Å². The van der Waals surface area contributed by atoms with E-state index < -0.39 is 0 Å². The molecule has 2 heteroatoms. The number of ether oxygens (including phenoxy) is 1. The quantitative estimate of drug-likeness (QED) is 0.472. The number of benzene rings is 1. The van der Waals surface area contributed by atoms with Crippen molar-refractivity contribution in [3.8, 4) is 5.75 Å². The van der Waals surface area contributed by atoms with Gasteiger partial charge in [0.2, 0.25) is 9.80 Å². The topological polar surface area (TPSA) is 9.23 Å². The molecule has 1 aliphatic heterocycles. The molecule has 1 aromatic carbocycles. The molecular weight excluding hydrogens is 300 g/mol. The summed E-state index contributed by atoms with van der Waals surface area (Å²) >= 11 is 0. The lowest BCUT2D eigenvalue weighted by atomic mass is 10.3. The number of allylic oxidation sites excluding steroid dienone is 7. The summed E-state index contributed by atoms with van der Waals surface area (Å²) in [6.07, 6.45) is 12.3. The van der Waals surface area contributed by atoms with Gasteiger partial charge in [-0.3, -0.25) is 0 Å². The Morgan fingerprint density at radius 3 is 2.52 bits per heavy atom. The highest BCUT2D eigenvalue weighted by Gasteiger charge is 2.39. The van der Waals surface area contributed by atoms with Gasteiger partial charge in [-0.1, -0.05) is 43.0 Å². The molecule has 1 aromatic rings. The van der Waals surface area contributed by atoms with Gasteiger partial charge in [-0.25, -0.2) is 0 Å². The molecule has 0 saturated carbocycles. The third-order valence-electron chi connectivity index (χ3n) is 3.31. The summed E-state index contributed by atoms with van der Waals surface area (Å²) < 4.78 is 6.09. The van der Waals surface area contributed by atoms with Gasteiger partial charge >= 0.3 is 0 Å². The van der Waals surface area contributed by atoms with Gasteiger partial charge in [0.1, 0.15) is 10.9 Å². The van der Waals surface area contributed by atoms with E-state index in [0.717, 1.165) is 22.0 Å². The largest absolute Gasteiger partial charge is 0.447 e. The molecule has 0 fully saturated rings. The van der Waals surface area contributed by atoms with Crippen LogP contribution >= 0.6 is 0 Å². The van der Waals surface area contributed by atoms with Crippen LogP contribution in [0.15, 0.2) is 99.9 Å². The summed E-state index contributed by atoms with van der Waals surface area (Å²) in [6.45, 7) is 14.0. The van der Waals surface area contributed by atoms with Crippen LogP contribution in [0.3, 0.4) is 0 Å². The Morgan fingerprint density at radius 2 is 1.91 bits per heavy atom. The van der Waals surface area contributed by atoms with Crippen molar-refractivity contribution in [3.63, 3.8) is 0 Å². The fourth-order valence-corrected chi connectivity index (χ4v) is 4.49. The zero-order valence-corrected chi connectivity index (χ0v) is 14.8. The molecule has 23 heavy (non-hydrogen) atoms. The van der Waals surface area contributed by atoms with Crippen molar-refractivity contribution in [3.05, 3.63) is 95.0 Å². The second-order valence-corrected chi connectivity index (χ2v) is 7.12.